The third kappa shape index (κ3) is 5.34. The number of hydrogen-bond donors (Lipinski definition) is 2. The number of ether oxygens (including phenoxy) is 2. The summed E-state index contributed by atoms with van der Waals surface area (Å²) < 4.78 is 10.6. The lowest BCUT2D eigenvalue weighted by Gasteiger charge is -2.60. The van der Waals surface area contributed by atoms with Gasteiger partial charge in [0.15, 0.2) is 13.5 Å². The first-order valence-electron chi connectivity index (χ1n) is 15.5. The van der Waals surface area contributed by atoms with Crippen molar-refractivity contribution < 1.29 is 38.2 Å². The predicted octanol–water partition coefficient (Wildman–Crippen LogP) is 0.814. The van der Waals surface area contributed by atoms with Gasteiger partial charge in [-0.2, -0.15) is 0 Å². The van der Waals surface area contributed by atoms with E-state index in [4.69, 9.17) is 20.9 Å². The maximum atomic E-state index is 13.6. The molecule has 12 nitrogen and oxygen atoms in total. The van der Waals surface area contributed by atoms with Crippen LogP contribution >= 0.6 is 12.4 Å². The number of allylic oxidation sites excluding steroid dienone is 2. The van der Waals surface area contributed by atoms with E-state index in [1.807, 2.05) is 72.8 Å². The van der Waals surface area contributed by atoms with Crippen LogP contribution in [0.25, 0.3) is 0 Å². The van der Waals surface area contributed by atoms with Gasteiger partial charge in [0.2, 0.25) is 23.6 Å². The zero-order valence-corrected chi connectivity index (χ0v) is 26.1. The number of carbonyl (C=O) groups is 6. The van der Waals surface area contributed by atoms with Crippen LogP contribution in [0.3, 0.4) is 0 Å². The van der Waals surface area contributed by atoms with Gasteiger partial charge >= 0.3 is 11.9 Å². The molecule has 4 N–H and O–H groups in total. The fourth-order valence-electron chi connectivity index (χ4n) is 8.35. The maximum absolute atomic E-state index is 13.6. The minimum Gasteiger partial charge on any atom is -0.443 e. The highest BCUT2D eigenvalue weighted by Gasteiger charge is 2.75. The molecule has 47 heavy (non-hydrogen) atoms. The van der Waals surface area contributed by atoms with Crippen molar-refractivity contribution in [3.63, 3.8) is 0 Å². The van der Waals surface area contributed by atoms with Crippen LogP contribution in [0.1, 0.15) is 11.1 Å². The average Bonchev–Trinajstić information content (AvgIpc) is 3.42. The average molecular weight is 663 g/mol. The van der Waals surface area contributed by atoms with Crippen molar-refractivity contribution >= 4 is 48.0 Å². The number of hydrogen-bond acceptors (Lipinski definition) is 10. The molecule has 10 atom stereocenters. The van der Waals surface area contributed by atoms with Gasteiger partial charge in [-0.25, -0.2) is 9.80 Å². The molecule has 2 saturated heterocycles. The van der Waals surface area contributed by atoms with Crippen molar-refractivity contribution in [2.75, 3.05) is 13.5 Å². The monoisotopic (exact) mass is 662 g/mol. The van der Waals surface area contributed by atoms with Crippen LogP contribution in [-0.2, 0) is 51.1 Å². The molecule has 2 aliphatic heterocycles. The molecule has 2 aromatic carbocycles. The second-order valence-electron chi connectivity index (χ2n) is 12.8. The number of carbonyl (C=O) groups excluding carboxylic acids is 6. The summed E-state index contributed by atoms with van der Waals surface area (Å²) in [7, 11) is 0. The lowest BCUT2D eigenvalue weighted by atomic mass is 9.40. The molecule has 13 heteroatoms. The smallest absolute Gasteiger partial charge is 0.324 e. The number of amides is 4. The van der Waals surface area contributed by atoms with Gasteiger partial charge in [-0.05, 0) is 47.6 Å². The van der Waals surface area contributed by atoms with Gasteiger partial charge < -0.3 is 20.9 Å². The van der Waals surface area contributed by atoms with Crippen LogP contribution in [0, 0.1) is 47.3 Å². The van der Waals surface area contributed by atoms with E-state index < -0.39 is 96.6 Å². The summed E-state index contributed by atoms with van der Waals surface area (Å²) in [6, 6.07) is 16.4. The maximum Gasteiger partial charge on any atom is 0.324 e. The van der Waals surface area contributed by atoms with E-state index in [1.54, 1.807) is 0 Å². The quantitative estimate of drug-likeness (QED) is 0.210. The number of likely N-dealkylation sites (tertiary alicyclic amines) is 2. The zero-order valence-electron chi connectivity index (χ0n) is 25.3. The van der Waals surface area contributed by atoms with Crippen LogP contribution < -0.4 is 11.5 Å². The molecule has 8 rings (SSSR count). The van der Waals surface area contributed by atoms with Gasteiger partial charge in [0.05, 0.1) is 23.7 Å². The normalized spacial score (nSPS) is 30.9. The molecule has 2 aromatic rings. The fraction of sp³-hybridized carbons (Fsp3) is 0.412. The first kappa shape index (κ1) is 32.5. The molecule has 0 radical (unpaired) electrons. The van der Waals surface area contributed by atoms with Gasteiger partial charge in [-0.1, -0.05) is 72.8 Å². The summed E-state index contributed by atoms with van der Waals surface area (Å²) >= 11 is 0. The van der Waals surface area contributed by atoms with E-state index in [0.29, 0.717) is 0 Å². The van der Waals surface area contributed by atoms with E-state index in [2.05, 4.69) is 0 Å². The topological polar surface area (TPSA) is 179 Å². The van der Waals surface area contributed by atoms with Gasteiger partial charge in [0, 0.05) is 0 Å². The Bertz CT molecular complexity index is 1580. The Labute approximate surface area is 276 Å². The van der Waals surface area contributed by atoms with Crippen molar-refractivity contribution in [1.82, 2.24) is 9.80 Å². The van der Waals surface area contributed by atoms with E-state index in [0.717, 1.165) is 20.9 Å². The molecular formula is C34H35ClN4O8. The standard InChI is InChI=1S/C34H34N4O8.ClH/c35-21(13-17-7-3-1-4-8-17)33(43)45-15-37-29(39)25-19-11-12-20(26(25)30(37)40)24-23(19)27-28(24)32(42)38(31(27)41)16-46-34(44)22(36)14-18-9-5-2-6-10-18;/h1-12,19-28H,13-16,35-36H2;1H. The first-order chi connectivity index (χ1) is 22.2. The minimum atomic E-state index is -0.968. The van der Waals surface area contributed by atoms with Crippen LogP contribution in [0.4, 0.5) is 0 Å². The van der Waals surface area contributed by atoms with Gasteiger partial charge in [0.1, 0.15) is 12.1 Å². The summed E-state index contributed by atoms with van der Waals surface area (Å²) in [6.45, 7) is -1.08. The summed E-state index contributed by atoms with van der Waals surface area (Å²) in [5, 5.41) is 0. The second kappa shape index (κ2) is 12.7. The Balaban J connectivity index is 0.00000386. The molecule has 246 valence electrons. The number of nitrogens with zero attached hydrogens (tertiary/aromatic N) is 2. The third-order valence-corrected chi connectivity index (χ3v) is 10.4. The molecular weight excluding hydrogens is 628 g/mol. The molecule has 10 unspecified atom stereocenters. The van der Waals surface area contributed by atoms with Crippen molar-refractivity contribution in [3.8, 4) is 0 Å². The molecule has 4 fully saturated rings. The van der Waals surface area contributed by atoms with E-state index in [-0.39, 0.29) is 37.1 Å². The number of nitrogens with two attached hydrogens (primary N) is 2. The SMILES string of the molecule is Cl.NC(Cc1ccccc1)C(=O)OCN1C(=O)C2C3C=CC(C2C1=O)C1C2C(=O)N(COC(=O)C(N)Cc4ccccc4)C(=O)C2C31. The second-order valence-corrected chi connectivity index (χ2v) is 12.8. The molecule has 2 heterocycles. The lowest BCUT2D eigenvalue weighted by Crippen LogP contribution is -2.63. The fourth-order valence-corrected chi connectivity index (χ4v) is 8.35. The van der Waals surface area contributed by atoms with E-state index >= 15 is 0 Å². The Kier molecular flexibility index (Phi) is 8.77. The minimum absolute atomic E-state index is 0. The lowest BCUT2D eigenvalue weighted by molar-refractivity contribution is -0.166. The van der Waals surface area contributed by atoms with Crippen LogP contribution in [-0.4, -0.2) is 70.9 Å². The zero-order chi connectivity index (χ0) is 32.3. The van der Waals surface area contributed by atoms with Gasteiger partial charge in [-0.3, -0.25) is 28.8 Å². The number of esters is 2. The highest BCUT2D eigenvalue weighted by molar-refractivity contribution is 6.09. The molecule has 4 amide bonds. The van der Waals surface area contributed by atoms with Gasteiger partial charge in [-0.15, -0.1) is 12.4 Å². The number of fused-ring (bicyclic) bond motifs is 1. The number of rotatable bonds is 10. The molecule has 4 aliphatic carbocycles. The molecule has 2 bridgehead atoms. The number of benzene rings is 2. The summed E-state index contributed by atoms with van der Waals surface area (Å²) in [6.07, 6.45) is 4.24. The molecule has 0 spiro atoms. The Morgan fingerprint density at radius 1 is 0.596 bits per heavy atom. The van der Waals surface area contributed by atoms with Crippen LogP contribution in [0.5, 0.6) is 0 Å². The van der Waals surface area contributed by atoms with Crippen molar-refractivity contribution in [2.45, 2.75) is 24.9 Å². The summed E-state index contributed by atoms with van der Waals surface area (Å²) in [5.41, 5.74) is 13.7. The van der Waals surface area contributed by atoms with Crippen LogP contribution in [0.2, 0.25) is 0 Å². The predicted molar refractivity (Wildman–Crippen MR) is 166 cm³/mol. The van der Waals surface area contributed by atoms with Crippen LogP contribution in [0.15, 0.2) is 72.8 Å². The largest absolute Gasteiger partial charge is 0.443 e. The molecule has 6 aliphatic rings. The van der Waals surface area contributed by atoms with Crippen molar-refractivity contribution in [3.05, 3.63) is 83.9 Å². The Hall–Kier alpha value is -4.39. The summed E-state index contributed by atoms with van der Waals surface area (Å²) in [4.78, 5) is 81.3. The molecule has 2 saturated carbocycles. The highest BCUT2D eigenvalue weighted by Crippen LogP contribution is 2.68. The summed E-state index contributed by atoms with van der Waals surface area (Å²) in [5.74, 6) is -7.53. The Morgan fingerprint density at radius 3 is 1.30 bits per heavy atom. The Morgan fingerprint density at radius 2 is 0.936 bits per heavy atom. The number of halogens is 1. The highest BCUT2D eigenvalue weighted by atomic mass is 35.5. The van der Waals surface area contributed by atoms with Crippen molar-refractivity contribution in [1.29, 1.82) is 0 Å². The van der Waals surface area contributed by atoms with E-state index in [1.165, 1.54) is 0 Å². The molecule has 0 aromatic heterocycles. The van der Waals surface area contributed by atoms with Gasteiger partial charge in [0.25, 0.3) is 0 Å². The number of imide groups is 2. The van der Waals surface area contributed by atoms with E-state index in [9.17, 15) is 28.8 Å². The first-order valence-corrected chi connectivity index (χ1v) is 15.5. The van der Waals surface area contributed by atoms with Crippen molar-refractivity contribution in [2.24, 2.45) is 58.8 Å². The third-order valence-electron chi connectivity index (χ3n) is 10.4.